The monoisotopic (exact) mass is 602 g/mol. The molecule has 0 N–H and O–H groups in total. The molecule has 0 radical (unpaired) electrons. The van der Waals surface area contributed by atoms with E-state index < -0.39 is 0 Å². The van der Waals surface area contributed by atoms with Gasteiger partial charge in [-0.15, -0.1) is 0 Å². The van der Waals surface area contributed by atoms with Gasteiger partial charge in [0.05, 0.1) is 39.6 Å². The van der Waals surface area contributed by atoms with Crippen LogP contribution in [0.15, 0.2) is 97.1 Å². The van der Waals surface area contributed by atoms with Crippen LogP contribution in [0.1, 0.15) is 28.7 Å². The predicted octanol–water partition coefficient (Wildman–Crippen LogP) is 6.86. The molecule has 6 nitrogen and oxygen atoms in total. The molecule has 2 atom stereocenters. The maximum absolute atomic E-state index is 6.31. The highest BCUT2D eigenvalue weighted by Crippen LogP contribution is 2.53. The maximum atomic E-state index is 6.31. The smallest absolute Gasteiger partial charge is 0.127 e. The Morgan fingerprint density at radius 3 is 1.56 bits per heavy atom. The molecule has 0 saturated carbocycles. The standard InChI is InChI=1S/C39H38O6/c1-6-12-34-27(7-1)17-18-39(34,35-13-15-37(32-10-4-2-8-30(32)35)42-21-19-40-23-28-25-44-28)36-14-16-38(33-11-5-3-9-31(33)36)43-22-20-41-24-29-26-45-29/h1-16,28-29H,17-26H2. The Kier molecular flexibility index (Phi) is 7.89. The SMILES string of the molecule is c1ccc2c(c1)CCC2(c1ccc(OCCOCC2CO2)c2ccccc12)c1ccc(OCCOCC2CO2)c2ccccc12. The molecule has 1 aliphatic carbocycles. The van der Waals surface area contributed by atoms with Crippen molar-refractivity contribution in [2.75, 3.05) is 52.9 Å². The Morgan fingerprint density at radius 1 is 0.533 bits per heavy atom. The molecule has 2 heterocycles. The third kappa shape index (κ3) is 5.68. The van der Waals surface area contributed by atoms with E-state index in [1.807, 2.05) is 0 Å². The van der Waals surface area contributed by atoms with Gasteiger partial charge in [-0.05, 0) is 58.0 Å². The number of fused-ring (bicyclic) bond motifs is 3. The van der Waals surface area contributed by atoms with Crippen LogP contribution in [0.25, 0.3) is 21.5 Å². The Hall–Kier alpha value is -3.94. The summed E-state index contributed by atoms with van der Waals surface area (Å²) in [5.74, 6) is 1.76. The van der Waals surface area contributed by atoms with Gasteiger partial charge in [0, 0.05) is 16.2 Å². The maximum Gasteiger partial charge on any atom is 0.127 e. The zero-order valence-corrected chi connectivity index (χ0v) is 25.4. The van der Waals surface area contributed by atoms with Gasteiger partial charge in [0.15, 0.2) is 0 Å². The summed E-state index contributed by atoms with van der Waals surface area (Å²) in [6.45, 7) is 4.93. The number of benzene rings is 5. The summed E-state index contributed by atoms with van der Waals surface area (Å²) < 4.78 is 34.6. The van der Waals surface area contributed by atoms with Crippen LogP contribution in [0.4, 0.5) is 0 Å². The van der Waals surface area contributed by atoms with E-state index in [9.17, 15) is 0 Å². The third-order valence-corrected chi connectivity index (χ3v) is 9.32. The fourth-order valence-corrected chi connectivity index (χ4v) is 7.03. The molecule has 45 heavy (non-hydrogen) atoms. The van der Waals surface area contributed by atoms with Gasteiger partial charge >= 0.3 is 0 Å². The first-order valence-corrected chi connectivity index (χ1v) is 16.1. The van der Waals surface area contributed by atoms with Gasteiger partial charge in [-0.25, -0.2) is 0 Å². The van der Waals surface area contributed by atoms with Crippen molar-refractivity contribution >= 4 is 21.5 Å². The van der Waals surface area contributed by atoms with Crippen molar-refractivity contribution in [3.8, 4) is 11.5 Å². The van der Waals surface area contributed by atoms with Crippen LogP contribution < -0.4 is 9.47 Å². The Labute approximate surface area is 263 Å². The van der Waals surface area contributed by atoms with Crippen LogP contribution in [0.3, 0.4) is 0 Å². The summed E-state index contributed by atoms with van der Waals surface area (Å²) >= 11 is 0. The lowest BCUT2D eigenvalue weighted by Gasteiger charge is -2.35. The average molecular weight is 603 g/mol. The second-order valence-corrected chi connectivity index (χ2v) is 12.1. The number of rotatable bonds is 14. The van der Waals surface area contributed by atoms with Crippen LogP contribution in [-0.2, 0) is 30.8 Å². The fraction of sp³-hybridized carbons (Fsp3) is 0.333. The van der Waals surface area contributed by atoms with E-state index in [2.05, 4.69) is 97.1 Å². The molecule has 2 fully saturated rings. The molecule has 230 valence electrons. The van der Waals surface area contributed by atoms with Gasteiger partial charge in [0.1, 0.15) is 36.9 Å². The molecule has 0 aromatic heterocycles. The molecule has 3 aliphatic rings. The third-order valence-electron chi connectivity index (χ3n) is 9.32. The summed E-state index contributed by atoms with van der Waals surface area (Å²) in [6.07, 6.45) is 2.51. The van der Waals surface area contributed by atoms with Gasteiger partial charge in [0.2, 0.25) is 0 Å². The van der Waals surface area contributed by atoms with E-state index in [0.717, 1.165) is 48.3 Å². The zero-order chi connectivity index (χ0) is 30.1. The van der Waals surface area contributed by atoms with Crippen molar-refractivity contribution in [3.63, 3.8) is 0 Å². The summed E-state index contributed by atoms with van der Waals surface area (Å²) in [4.78, 5) is 0. The van der Waals surface area contributed by atoms with Crippen LogP contribution >= 0.6 is 0 Å². The van der Waals surface area contributed by atoms with Crippen molar-refractivity contribution in [1.82, 2.24) is 0 Å². The second-order valence-electron chi connectivity index (χ2n) is 12.1. The first kappa shape index (κ1) is 28.5. The second kappa shape index (κ2) is 12.5. The summed E-state index contributed by atoms with van der Waals surface area (Å²) in [7, 11) is 0. The minimum atomic E-state index is -0.340. The number of epoxide rings is 2. The average Bonchev–Trinajstić information content (AvgIpc) is 4.03. The van der Waals surface area contributed by atoms with E-state index >= 15 is 0 Å². The lowest BCUT2D eigenvalue weighted by molar-refractivity contribution is 0.0882. The first-order valence-electron chi connectivity index (χ1n) is 16.1. The van der Waals surface area contributed by atoms with E-state index in [0.29, 0.717) is 39.6 Å². The van der Waals surface area contributed by atoms with E-state index in [4.69, 9.17) is 28.4 Å². The van der Waals surface area contributed by atoms with Crippen LogP contribution in [0.2, 0.25) is 0 Å². The normalized spacial score (nSPS) is 21.6. The van der Waals surface area contributed by atoms with Gasteiger partial charge in [-0.1, -0.05) is 84.9 Å². The molecule has 8 rings (SSSR count). The number of ether oxygens (including phenoxy) is 6. The molecule has 5 aromatic rings. The predicted molar refractivity (Wildman–Crippen MR) is 175 cm³/mol. The summed E-state index contributed by atoms with van der Waals surface area (Å²) in [5.41, 5.74) is 5.03. The minimum Gasteiger partial charge on any atom is -0.491 e. The molecule has 0 spiro atoms. The summed E-state index contributed by atoms with van der Waals surface area (Å²) in [6, 6.07) is 35.1. The molecular weight excluding hydrogens is 564 g/mol. The van der Waals surface area contributed by atoms with Gasteiger partial charge in [0.25, 0.3) is 0 Å². The molecule has 0 bridgehead atoms. The molecular formula is C39H38O6. The van der Waals surface area contributed by atoms with Gasteiger partial charge in [-0.2, -0.15) is 0 Å². The molecule has 2 unspecified atom stereocenters. The first-order chi connectivity index (χ1) is 22.3. The van der Waals surface area contributed by atoms with Crippen LogP contribution in [-0.4, -0.2) is 65.1 Å². The molecule has 2 saturated heterocycles. The van der Waals surface area contributed by atoms with Gasteiger partial charge in [-0.3, -0.25) is 0 Å². The molecule has 5 aromatic carbocycles. The lowest BCUT2D eigenvalue weighted by atomic mass is 9.67. The molecule has 0 amide bonds. The zero-order valence-electron chi connectivity index (χ0n) is 25.4. The van der Waals surface area contributed by atoms with Gasteiger partial charge < -0.3 is 28.4 Å². The van der Waals surface area contributed by atoms with Crippen LogP contribution in [0, 0.1) is 0 Å². The topological polar surface area (TPSA) is 62.0 Å². The number of aryl methyl sites for hydroxylation is 1. The quantitative estimate of drug-likeness (QED) is 0.102. The van der Waals surface area contributed by atoms with E-state index in [-0.39, 0.29) is 17.6 Å². The molecule has 2 aliphatic heterocycles. The Morgan fingerprint density at radius 2 is 1.02 bits per heavy atom. The van der Waals surface area contributed by atoms with Crippen molar-refractivity contribution in [3.05, 3.63) is 119 Å². The largest absolute Gasteiger partial charge is 0.491 e. The highest BCUT2D eigenvalue weighted by Gasteiger charge is 2.44. The van der Waals surface area contributed by atoms with E-state index in [1.165, 1.54) is 33.0 Å². The number of hydrogen-bond acceptors (Lipinski definition) is 6. The number of hydrogen-bond donors (Lipinski definition) is 0. The minimum absolute atomic E-state index is 0.258. The molecule has 6 heteroatoms. The lowest BCUT2D eigenvalue weighted by Crippen LogP contribution is -2.27. The highest BCUT2D eigenvalue weighted by atomic mass is 16.6. The summed E-state index contributed by atoms with van der Waals surface area (Å²) in [5, 5.41) is 4.65. The van der Waals surface area contributed by atoms with Crippen molar-refractivity contribution in [2.24, 2.45) is 0 Å². The van der Waals surface area contributed by atoms with Crippen LogP contribution in [0.5, 0.6) is 11.5 Å². The van der Waals surface area contributed by atoms with Crippen molar-refractivity contribution in [2.45, 2.75) is 30.5 Å². The fourth-order valence-electron chi connectivity index (χ4n) is 7.03. The van der Waals surface area contributed by atoms with E-state index in [1.54, 1.807) is 0 Å². The Balaban J connectivity index is 1.18. The van der Waals surface area contributed by atoms with Crippen molar-refractivity contribution in [1.29, 1.82) is 0 Å². The Bertz CT molecular complexity index is 1700. The highest BCUT2D eigenvalue weighted by molar-refractivity contribution is 5.97. The van der Waals surface area contributed by atoms with Crippen molar-refractivity contribution < 1.29 is 28.4 Å².